The van der Waals surface area contributed by atoms with Gasteiger partial charge < -0.3 is 9.47 Å². The second-order valence-electron chi connectivity index (χ2n) is 7.76. The van der Waals surface area contributed by atoms with Crippen molar-refractivity contribution in [3.8, 4) is 17.2 Å². The van der Waals surface area contributed by atoms with E-state index >= 15 is 0 Å². The molecule has 0 aliphatic carbocycles. The fraction of sp³-hybridized carbons (Fsp3) is 0.208. The lowest BCUT2D eigenvalue weighted by atomic mass is 10.0. The largest absolute Gasteiger partial charge is 0.493 e. The first-order valence-electron chi connectivity index (χ1n) is 10.8. The van der Waals surface area contributed by atoms with Crippen LogP contribution in [0.3, 0.4) is 0 Å². The SMILES string of the molecule is COc1ccc(C2CC(c3cccs3)=NN2C(=O)Cn2nnn(-c3ccccc3)c2=O)cc1OC. The number of carbonyl (C=O) groups excluding carboxylic acids is 1. The van der Waals surface area contributed by atoms with Gasteiger partial charge in [0.05, 0.1) is 36.5 Å². The van der Waals surface area contributed by atoms with Crippen LogP contribution in [0.25, 0.3) is 5.69 Å². The summed E-state index contributed by atoms with van der Waals surface area (Å²) in [7, 11) is 3.14. The van der Waals surface area contributed by atoms with E-state index < -0.39 is 5.69 Å². The highest BCUT2D eigenvalue weighted by Gasteiger charge is 2.34. The highest BCUT2D eigenvalue weighted by atomic mass is 32.1. The Morgan fingerprint density at radius 3 is 2.54 bits per heavy atom. The zero-order valence-electron chi connectivity index (χ0n) is 19.1. The second kappa shape index (κ2) is 9.55. The molecule has 4 aromatic rings. The Kier molecular flexibility index (Phi) is 6.15. The molecule has 3 heterocycles. The number of hydrogen-bond acceptors (Lipinski definition) is 8. The lowest BCUT2D eigenvalue weighted by molar-refractivity contribution is -0.134. The monoisotopic (exact) mass is 490 g/mol. The highest BCUT2D eigenvalue weighted by molar-refractivity contribution is 7.12. The van der Waals surface area contributed by atoms with Crippen LogP contribution >= 0.6 is 11.3 Å². The van der Waals surface area contributed by atoms with Gasteiger partial charge in [-0.25, -0.2) is 9.80 Å². The van der Waals surface area contributed by atoms with Crippen molar-refractivity contribution in [2.24, 2.45) is 5.10 Å². The molecule has 2 aromatic heterocycles. The molecule has 2 aromatic carbocycles. The molecule has 0 fully saturated rings. The van der Waals surface area contributed by atoms with E-state index in [-0.39, 0.29) is 18.5 Å². The summed E-state index contributed by atoms with van der Waals surface area (Å²) in [4.78, 5) is 27.2. The highest BCUT2D eigenvalue weighted by Crippen LogP contribution is 2.37. The van der Waals surface area contributed by atoms with Crippen molar-refractivity contribution in [3.05, 3.63) is 87.0 Å². The van der Waals surface area contributed by atoms with E-state index in [2.05, 4.69) is 15.5 Å². The molecule has 0 saturated heterocycles. The van der Waals surface area contributed by atoms with Crippen LogP contribution in [0.4, 0.5) is 0 Å². The van der Waals surface area contributed by atoms with E-state index in [0.717, 1.165) is 25.5 Å². The van der Waals surface area contributed by atoms with Crippen LogP contribution in [0.5, 0.6) is 11.5 Å². The van der Waals surface area contributed by atoms with Crippen LogP contribution in [0.1, 0.15) is 22.9 Å². The second-order valence-corrected chi connectivity index (χ2v) is 8.71. The van der Waals surface area contributed by atoms with Crippen LogP contribution in [0.15, 0.2) is 75.9 Å². The first kappa shape index (κ1) is 22.5. The maximum absolute atomic E-state index is 13.4. The lowest BCUT2D eigenvalue weighted by Crippen LogP contribution is -2.34. The fourth-order valence-corrected chi connectivity index (χ4v) is 4.68. The standard InChI is InChI=1S/C24H22N6O4S/c1-33-20-11-10-16(13-21(20)34-2)19-14-18(22-9-6-12-35-22)25-30(19)23(31)15-28-24(32)29(27-26-28)17-7-4-3-5-8-17/h3-13,19H,14-15H2,1-2H3. The average molecular weight is 491 g/mol. The van der Waals surface area contributed by atoms with Gasteiger partial charge in [-0.3, -0.25) is 4.79 Å². The molecule has 1 aliphatic heterocycles. The quantitative estimate of drug-likeness (QED) is 0.395. The summed E-state index contributed by atoms with van der Waals surface area (Å²) >= 11 is 1.56. The third-order valence-electron chi connectivity index (χ3n) is 5.69. The van der Waals surface area contributed by atoms with Gasteiger partial charge in [0.1, 0.15) is 6.54 Å². The number of nitrogens with zero attached hydrogens (tertiary/aromatic N) is 6. The fourth-order valence-electron chi connectivity index (χ4n) is 3.96. The molecule has 178 valence electrons. The third kappa shape index (κ3) is 4.33. The maximum Gasteiger partial charge on any atom is 0.368 e. The van der Waals surface area contributed by atoms with Crippen molar-refractivity contribution in [1.29, 1.82) is 0 Å². The molecule has 0 spiro atoms. The van der Waals surface area contributed by atoms with Crippen LogP contribution in [-0.2, 0) is 11.3 Å². The summed E-state index contributed by atoms with van der Waals surface area (Å²) in [6, 6.07) is 18.0. The minimum absolute atomic E-state index is 0.295. The van der Waals surface area contributed by atoms with Gasteiger partial charge in [-0.05, 0) is 51.7 Å². The number of para-hydroxylation sites is 1. The van der Waals surface area contributed by atoms with Gasteiger partial charge in [-0.15, -0.1) is 11.3 Å². The maximum atomic E-state index is 13.4. The number of rotatable bonds is 7. The van der Waals surface area contributed by atoms with E-state index in [0.29, 0.717) is 23.6 Å². The lowest BCUT2D eigenvalue weighted by Gasteiger charge is -2.22. The first-order chi connectivity index (χ1) is 17.1. The molecule has 1 unspecified atom stereocenters. The molecule has 11 heteroatoms. The Hall–Kier alpha value is -4.25. The number of tetrazole rings is 1. The van der Waals surface area contributed by atoms with E-state index in [1.165, 1.54) is 5.01 Å². The topological polar surface area (TPSA) is 104 Å². The number of hydrazone groups is 1. The Balaban J connectivity index is 1.46. The molecule has 0 bridgehead atoms. The number of hydrogen-bond donors (Lipinski definition) is 0. The number of ether oxygens (including phenoxy) is 2. The van der Waals surface area contributed by atoms with Gasteiger partial charge in [0.2, 0.25) is 0 Å². The molecule has 1 amide bonds. The Labute approximate surface area is 204 Å². The average Bonchev–Trinajstić information content (AvgIpc) is 3.65. The first-order valence-corrected chi connectivity index (χ1v) is 11.7. The van der Waals surface area contributed by atoms with Crippen molar-refractivity contribution in [1.82, 2.24) is 24.8 Å². The predicted molar refractivity (Wildman–Crippen MR) is 130 cm³/mol. The summed E-state index contributed by atoms with van der Waals surface area (Å²) in [5, 5.41) is 15.9. The van der Waals surface area contributed by atoms with Crippen LogP contribution in [0, 0.1) is 0 Å². The number of aromatic nitrogens is 4. The molecular weight excluding hydrogens is 468 g/mol. The normalized spacial score (nSPS) is 15.2. The molecule has 5 rings (SSSR count). The van der Waals surface area contributed by atoms with Crippen LogP contribution in [-0.4, -0.2) is 50.6 Å². The minimum atomic E-state index is -0.506. The van der Waals surface area contributed by atoms with E-state index in [1.807, 2.05) is 35.7 Å². The molecule has 1 atom stereocenters. The summed E-state index contributed by atoms with van der Waals surface area (Å²) < 4.78 is 13.0. The van der Waals surface area contributed by atoms with Gasteiger partial charge in [-0.1, -0.05) is 30.3 Å². The van der Waals surface area contributed by atoms with Gasteiger partial charge in [0.25, 0.3) is 5.91 Å². The van der Waals surface area contributed by atoms with Crippen molar-refractivity contribution in [2.45, 2.75) is 19.0 Å². The van der Waals surface area contributed by atoms with Gasteiger partial charge in [-0.2, -0.15) is 14.5 Å². The number of amides is 1. The summed E-state index contributed by atoms with van der Waals surface area (Å²) in [5.74, 6) is 0.776. The number of methoxy groups -OCH3 is 2. The van der Waals surface area contributed by atoms with Crippen molar-refractivity contribution in [2.75, 3.05) is 14.2 Å². The van der Waals surface area contributed by atoms with E-state index in [9.17, 15) is 9.59 Å². The van der Waals surface area contributed by atoms with E-state index in [4.69, 9.17) is 9.47 Å². The Morgan fingerprint density at radius 2 is 1.83 bits per heavy atom. The third-order valence-corrected chi connectivity index (χ3v) is 6.61. The number of thiophene rings is 1. The molecule has 1 aliphatic rings. The summed E-state index contributed by atoms with van der Waals surface area (Å²) in [6.07, 6.45) is 0.521. The predicted octanol–water partition coefficient (Wildman–Crippen LogP) is 2.89. The molecule has 0 N–H and O–H groups in total. The molecule has 0 saturated carbocycles. The van der Waals surface area contributed by atoms with Crippen LogP contribution in [0.2, 0.25) is 0 Å². The Bertz CT molecular complexity index is 1430. The van der Waals surface area contributed by atoms with Crippen molar-refractivity contribution >= 4 is 23.0 Å². The van der Waals surface area contributed by atoms with Crippen molar-refractivity contribution < 1.29 is 14.3 Å². The smallest absolute Gasteiger partial charge is 0.368 e. The molecule has 35 heavy (non-hydrogen) atoms. The Morgan fingerprint density at radius 1 is 1.03 bits per heavy atom. The number of carbonyl (C=O) groups is 1. The van der Waals surface area contributed by atoms with Gasteiger partial charge in [0.15, 0.2) is 11.5 Å². The van der Waals surface area contributed by atoms with E-state index in [1.54, 1.807) is 55.9 Å². The van der Waals surface area contributed by atoms with Crippen LogP contribution < -0.4 is 15.2 Å². The number of benzene rings is 2. The summed E-state index contributed by atoms with van der Waals surface area (Å²) in [5.41, 5.74) is 1.70. The van der Waals surface area contributed by atoms with Gasteiger partial charge >= 0.3 is 5.69 Å². The van der Waals surface area contributed by atoms with Gasteiger partial charge in [0, 0.05) is 6.42 Å². The summed E-state index contributed by atoms with van der Waals surface area (Å²) in [6.45, 7) is -0.295. The molecule has 0 radical (unpaired) electrons. The van der Waals surface area contributed by atoms with Crippen molar-refractivity contribution in [3.63, 3.8) is 0 Å². The minimum Gasteiger partial charge on any atom is -0.493 e. The molecular formula is C24H22N6O4S. The zero-order valence-corrected chi connectivity index (χ0v) is 19.9. The zero-order chi connectivity index (χ0) is 24.4. The molecule has 10 nitrogen and oxygen atoms in total.